The minimum absolute atomic E-state index is 0.0469. The highest BCUT2D eigenvalue weighted by atomic mass is 16.5. The van der Waals surface area contributed by atoms with Gasteiger partial charge in [0.2, 0.25) is 0 Å². The number of aromatic amines is 1. The van der Waals surface area contributed by atoms with E-state index in [9.17, 15) is 9.59 Å². The first-order chi connectivity index (χ1) is 7.70. The molecule has 7 heteroatoms. The Kier molecular flexibility index (Phi) is 2.86. The molecule has 16 heavy (non-hydrogen) atoms. The summed E-state index contributed by atoms with van der Waals surface area (Å²) in [4.78, 5) is 30.4. The van der Waals surface area contributed by atoms with Crippen molar-refractivity contribution in [1.29, 1.82) is 0 Å². The number of hydrogen-bond acceptors (Lipinski definition) is 4. The number of ether oxygens (including phenoxy) is 1. The first-order valence-corrected chi connectivity index (χ1v) is 4.84. The molecule has 0 unspecified atom stereocenters. The van der Waals surface area contributed by atoms with Gasteiger partial charge in [-0.1, -0.05) is 0 Å². The molecule has 7 nitrogen and oxygen atoms in total. The maximum atomic E-state index is 11.9. The predicted octanol–water partition coefficient (Wildman–Crippen LogP) is -0.420. The Morgan fingerprint density at radius 2 is 2.12 bits per heavy atom. The van der Waals surface area contributed by atoms with E-state index in [1.54, 1.807) is 0 Å². The first-order valence-electron chi connectivity index (χ1n) is 4.84. The molecule has 86 valence electrons. The van der Waals surface area contributed by atoms with Crippen molar-refractivity contribution in [1.82, 2.24) is 14.9 Å². The van der Waals surface area contributed by atoms with Crippen molar-refractivity contribution in [3.8, 4) is 0 Å². The standard InChI is InChI=1S/C9H11N3O4/c13-8(12-1-3-16-4-2-12)6-7(9(14)15)11-5-10-6/h5H,1-4H2,(H,10,11)(H,14,15). The van der Waals surface area contributed by atoms with E-state index in [1.165, 1.54) is 11.2 Å². The maximum absolute atomic E-state index is 11.9. The normalized spacial score (nSPS) is 16.1. The van der Waals surface area contributed by atoms with Gasteiger partial charge in [-0.05, 0) is 0 Å². The van der Waals surface area contributed by atoms with E-state index in [0.717, 1.165) is 0 Å². The summed E-state index contributed by atoms with van der Waals surface area (Å²) in [6.45, 7) is 1.87. The third kappa shape index (κ3) is 1.89. The maximum Gasteiger partial charge on any atom is 0.354 e. The second kappa shape index (κ2) is 4.31. The highest BCUT2D eigenvalue weighted by molar-refractivity contribution is 6.02. The van der Waals surface area contributed by atoms with E-state index in [-0.39, 0.29) is 17.3 Å². The minimum Gasteiger partial charge on any atom is -0.477 e. The zero-order valence-corrected chi connectivity index (χ0v) is 8.47. The number of nitrogens with one attached hydrogen (secondary N) is 1. The van der Waals surface area contributed by atoms with Crippen LogP contribution in [0.4, 0.5) is 0 Å². The number of imidazole rings is 1. The molecule has 1 aliphatic heterocycles. The molecule has 0 aromatic carbocycles. The van der Waals surface area contributed by atoms with Gasteiger partial charge in [0.25, 0.3) is 5.91 Å². The van der Waals surface area contributed by atoms with Gasteiger partial charge in [-0.3, -0.25) is 4.79 Å². The number of aromatic nitrogens is 2. The Labute approximate surface area is 91.0 Å². The van der Waals surface area contributed by atoms with Gasteiger partial charge < -0.3 is 19.7 Å². The molecule has 2 heterocycles. The van der Waals surface area contributed by atoms with E-state index in [4.69, 9.17) is 9.84 Å². The van der Waals surface area contributed by atoms with E-state index in [1.807, 2.05) is 0 Å². The summed E-state index contributed by atoms with van der Waals surface area (Å²) in [5.41, 5.74) is -0.217. The lowest BCUT2D eigenvalue weighted by atomic mass is 10.2. The number of carbonyl (C=O) groups excluding carboxylic acids is 1. The fraction of sp³-hybridized carbons (Fsp3) is 0.444. The molecule has 2 rings (SSSR count). The van der Waals surface area contributed by atoms with E-state index in [0.29, 0.717) is 26.3 Å². The minimum atomic E-state index is -1.19. The van der Waals surface area contributed by atoms with Crippen molar-refractivity contribution in [3.63, 3.8) is 0 Å². The van der Waals surface area contributed by atoms with Crippen LogP contribution in [0.1, 0.15) is 21.0 Å². The lowest BCUT2D eigenvalue weighted by Crippen LogP contribution is -2.41. The Morgan fingerprint density at radius 3 is 2.75 bits per heavy atom. The Balaban J connectivity index is 2.19. The molecule has 1 aromatic heterocycles. The van der Waals surface area contributed by atoms with Crippen molar-refractivity contribution in [2.24, 2.45) is 0 Å². The summed E-state index contributed by atoms with van der Waals surface area (Å²) >= 11 is 0. The van der Waals surface area contributed by atoms with Gasteiger partial charge in [-0.2, -0.15) is 0 Å². The molecule has 0 spiro atoms. The topological polar surface area (TPSA) is 95.5 Å². The number of aromatic carboxylic acids is 1. The van der Waals surface area contributed by atoms with Gasteiger partial charge in [0.05, 0.1) is 19.5 Å². The third-order valence-electron chi connectivity index (χ3n) is 2.35. The summed E-state index contributed by atoms with van der Waals surface area (Å²) < 4.78 is 5.11. The fourth-order valence-corrected chi connectivity index (χ4v) is 1.54. The highest BCUT2D eigenvalue weighted by Gasteiger charge is 2.25. The summed E-state index contributed by atoms with van der Waals surface area (Å²) in [6, 6.07) is 0. The molecule has 0 aliphatic carbocycles. The second-order valence-corrected chi connectivity index (χ2v) is 3.34. The van der Waals surface area contributed by atoms with Crippen LogP contribution < -0.4 is 0 Å². The molecule has 1 saturated heterocycles. The van der Waals surface area contributed by atoms with Gasteiger partial charge >= 0.3 is 5.97 Å². The average Bonchev–Trinajstić information content (AvgIpc) is 2.78. The van der Waals surface area contributed by atoms with Crippen molar-refractivity contribution >= 4 is 11.9 Å². The number of morpholine rings is 1. The molecule has 0 saturated carbocycles. The fourth-order valence-electron chi connectivity index (χ4n) is 1.54. The van der Waals surface area contributed by atoms with Gasteiger partial charge in [0.15, 0.2) is 11.4 Å². The summed E-state index contributed by atoms with van der Waals surface area (Å²) in [5, 5.41) is 8.84. The quantitative estimate of drug-likeness (QED) is 0.712. The van der Waals surface area contributed by atoms with Crippen molar-refractivity contribution in [3.05, 3.63) is 17.7 Å². The number of nitrogens with zero attached hydrogens (tertiary/aromatic N) is 2. The second-order valence-electron chi connectivity index (χ2n) is 3.34. The van der Waals surface area contributed by atoms with E-state index < -0.39 is 5.97 Å². The van der Waals surface area contributed by atoms with Crippen LogP contribution in [-0.2, 0) is 4.74 Å². The molecule has 0 radical (unpaired) electrons. The first kappa shape index (κ1) is 10.6. The molecule has 0 atom stereocenters. The van der Waals surface area contributed by atoms with Crippen LogP contribution in [0.15, 0.2) is 6.33 Å². The number of carboxylic acids is 1. The van der Waals surface area contributed by atoms with Crippen LogP contribution in [0.2, 0.25) is 0 Å². The van der Waals surface area contributed by atoms with Crippen molar-refractivity contribution in [2.45, 2.75) is 0 Å². The predicted molar refractivity (Wildman–Crippen MR) is 52.3 cm³/mol. The third-order valence-corrected chi connectivity index (χ3v) is 2.35. The number of amides is 1. The molecule has 1 amide bonds. The van der Waals surface area contributed by atoms with Crippen molar-refractivity contribution < 1.29 is 19.4 Å². The number of rotatable bonds is 2. The molecule has 0 bridgehead atoms. The van der Waals surface area contributed by atoms with Gasteiger partial charge in [-0.25, -0.2) is 9.78 Å². The Bertz CT molecular complexity index is 409. The zero-order chi connectivity index (χ0) is 11.5. The Morgan fingerprint density at radius 1 is 1.44 bits per heavy atom. The van der Waals surface area contributed by atoms with Gasteiger partial charge in [-0.15, -0.1) is 0 Å². The van der Waals surface area contributed by atoms with Crippen LogP contribution in [0.25, 0.3) is 0 Å². The van der Waals surface area contributed by atoms with Gasteiger partial charge in [0.1, 0.15) is 0 Å². The summed E-state index contributed by atoms with van der Waals surface area (Å²) in [6.07, 6.45) is 1.21. The Hall–Kier alpha value is -1.89. The summed E-state index contributed by atoms with van der Waals surface area (Å²) in [5.74, 6) is -1.56. The smallest absolute Gasteiger partial charge is 0.354 e. The lowest BCUT2D eigenvalue weighted by Gasteiger charge is -2.26. The largest absolute Gasteiger partial charge is 0.477 e. The van der Waals surface area contributed by atoms with Crippen LogP contribution in [0.3, 0.4) is 0 Å². The van der Waals surface area contributed by atoms with Crippen LogP contribution in [-0.4, -0.2) is 58.2 Å². The molecule has 2 N–H and O–H groups in total. The molecular weight excluding hydrogens is 214 g/mol. The lowest BCUT2D eigenvalue weighted by molar-refractivity contribution is 0.0296. The van der Waals surface area contributed by atoms with Crippen LogP contribution in [0.5, 0.6) is 0 Å². The molecule has 1 aromatic rings. The molecule has 1 aliphatic rings. The van der Waals surface area contributed by atoms with Crippen LogP contribution in [0, 0.1) is 0 Å². The van der Waals surface area contributed by atoms with Crippen LogP contribution >= 0.6 is 0 Å². The number of hydrogen-bond donors (Lipinski definition) is 2. The van der Waals surface area contributed by atoms with Crippen molar-refractivity contribution in [2.75, 3.05) is 26.3 Å². The SMILES string of the molecule is O=C(O)c1[nH]cnc1C(=O)N1CCOCC1. The van der Waals surface area contributed by atoms with Gasteiger partial charge in [0, 0.05) is 13.1 Å². The number of carboxylic acid groups (broad SMARTS) is 1. The zero-order valence-electron chi connectivity index (χ0n) is 8.47. The monoisotopic (exact) mass is 225 g/mol. The molecule has 1 fully saturated rings. The molecular formula is C9H11N3O4. The highest BCUT2D eigenvalue weighted by Crippen LogP contribution is 2.08. The average molecular weight is 225 g/mol. The number of carbonyl (C=O) groups is 2. The summed E-state index contributed by atoms with van der Waals surface area (Å²) in [7, 11) is 0. The van der Waals surface area contributed by atoms with E-state index >= 15 is 0 Å². The number of H-pyrrole nitrogens is 1. The van der Waals surface area contributed by atoms with E-state index in [2.05, 4.69) is 9.97 Å².